The molecule has 0 unspecified atom stereocenters. The minimum Gasteiger partial charge on any atom is -0.454 e. The first kappa shape index (κ1) is 17.5. The molecule has 118 valence electrons. The van der Waals surface area contributed by atoms with Gasteiger partial charge in [-0.3, -0.25) is 0 Å². The summed E-state index contributed by atoms with van der Waals surface area (Å²) in [5, 5.41) is 7.27. The van der Waals surface area contributed by atoms with Crippen LogP contribution in [0.2, 0.25) is 0 Å². The number of ether oxygens (including phenoxy) is 2. The maximum atomic E-state index is 5.08. The Balaban J connectivity index is 0.000000180. The molecule has 2 aromatic carbocycles. The molecule has 0 aliphatic carbocycles. The Morgan fingerprint density at radius 1 is 0.682 bits per heavy atom. The van der Waals surface area contributed by atoms with E-state index in [0.717, 1.165) is 22.5 Å². The predicted molar refractivity (Wildman–Crippen MR) is 87.1 cm³/mol. The van der Waals surface area contributed by atoms with E-state index in [9.17, 15) is 0 Å². The summed E-state index contributed by atoms with van der Waals surface area (Å²) in [6.45, 7) is 8.36. The average Bonchev–Trinajstić information content (AvgIpc) is 3.28. The van der Waals surface area contributed by atoms with E-state index in [-0.39, 0.29) is 0 Å². The number of hydrogen-bond donors (Lipinski definition) is 0. The molecule has 0 amide bonds. The molecule has 4 rings (SSSR count). The van der Waals surface area contributed by atoms with E-state index < -0.39 is 0 Å². The minimum atomic E-state index is 0.360. The Hall–Kier alpha value is -2.56. The maximum absolute atomic E-state index is 5.08. The van der Waals surface area contributed by atoms with Crippen molar-refractivity contribution in [3.8, 4) is 11.5 Å². The van der Waals surface area contributed by atoms with Crippen molar-refractivity contribution in [2.45, 2.75) is 27.7 Å². The van der Waals surface area contributed by atoms with Gasteiger partial charge in [0.1, 0.15) is 11.0 Å². The van der Waals surface area contributed by atoms with Crippen LogP contribution in [0.4, 0.5) is 0 Å². The molecule has 0 bridgehead atoms. The van der Waals surface area contributed by atoms with E-state index in [0.29, 0.717) is 6.79 Å². The Morgan fingerprint density at radius 2 is 1.09 bits per heavy atom. The first-order valence-electron chi connectivity index (χ1n) is 7.45. The van der Waals surface area contributed by atoms with Crippen molar-refractivity contribution >= 4 is 11.0 Å². The lowest BCUT2D eigenvalue weighted by Gasteiger charge is -1.89. The molecule has 1 aliphatic heterocycles. The van der Waals surface area contributed by atoms with Crippen molar-refractivity contribution in [3.63, 3.8) is 0 Å². The van der Waals surface area contributed by atoms with Crippen LogP contribution in [-0.2, 0) is 0 Å². The zero-order chi connectivity index (χ0) is 16.2. The van der Waals surface area contributed by atoms with Crippen LogP contribution in [0, 0.1) is 0 Å². The van der Waals surface area contributed by atoms with Crippen molar-refractivity contribution in [1.82, 2.24) is 10.3 Å². The third-order valence-electron chi connectivity index (χ3n) is 2.44. The van der Waals surface area contributed by atoms with E-state index >= 15 is 0 Å². The van der Waals surface area contributed by atoms with Crippen LogP contribution in [-0.4, -0.2) is 17.1 Å². The van der Waals surface area contributed by atoms with Crippen molar-refractivity contribution in [1.29, 1.82) is 0 Å². The number of fused-ring (bicyclic) bond motifs is 2. The second kappa shape index (κ2) is 10.2. The zero-order valence-electron chi connectivity index (χ0n) is 13.4. The molecule has 3 aromatic rings. The van der Waals surface area contributed by atoms with Crippen molar-refractivity contribution < 1.29 is 14.1 Å². The van der Waals surface area contributed by atoms with Gasteiger partial charge in [-0.05, 0) is 34.6 Å². The van der Waals surface area contributed by atoms with Gasteiger partial charge in [-0.25, -0.2) is 4.63 Å². The monoisotopic (exact) mass is 302 g/mol. The second-order valence-electron chi connectivity index (χ2n) is 3.61. The highest BCUT2D eigenvalue weighted by molar-refractivity contribution is 5.72. The number of hydrogen-bond acceptors (Lipinski definition) is 5. The molecule has 0 spiro atoms. The topological polar surface area (TPSA) is 57.4 Å². The van der Waals surface area contributed by atoms with Crippen molar-refractivity contribution in [2.24, 2.45) is 0 Å². The van der Waals surface area contributed by atoms with E-state index in [4.69, 9.17) is 9.47 Å². The quantitative estimate of drug-likeness (QED) is 0.603. The second-order valence-corrected chi connectivity index (χ2v) is 3.61. The summed E-state index contributed by atoms with van der Waals surface area (Å²) in [7, 11) is 0. The highest BCUT2D eigenvalue weighted by Gasteiger charge is 2.09. The van der Waals surface area contributed by atoms with E-state index in [1.165, 1.54) is 0 Å². The summed E-state index contributed by atoms with van der Waals surface area (Å²) < 4.78 is 14.6. The lowest BCUT2D eigenvalue weighted by molar-refractivity contribution is 0.174. The zero-order valence-corrected chi connectivity index (χ0v) is 13.4. The molecular weight excluding hydrogens is 280 g/mol. The van der Waals surface area contributed by atoms with Crippen LogP contribution in [0.15, 0.2) is 53.2 Å². The van der Waals surface area contributed by atoms with E-state index in [2.05, 4.69) is 14.9 Å². The predicted octanol–water partition coefficient (Wildman–Crippen LogP) is 4.69. The molecule has 2 heterocycles. The van der Waals surface area contributed by atoms with Crippen LogP contribution in [0.3, 0.4) is 0 Å². The third-order valence-corrected chi connectivity index (χ3v) is 2.44. The third kappa shape index (κ3) is 4.77. The summed E-state index contributed by atoms with van der Waals surface area (Å²) in [5.41, 5.74) is 1.61. The van der Waals surface area contributed by atoms with Crippen LogP contribution >= 0.6 is 0 Å². The van der Waals surface area contributed by atoms with Gasteiger partial charge in [-0.2, -0.15) is 0 Å². The summed E-state index contributed by atoms with van der Waals surface area (Å²) >= 11 is 0. The Morgan fingerprint density at radius 3 is 1.55 bits per heavy atom. The first-order chi connectivity index (χ1) is 10.9. The number of para-hydroxylation sites is 2. The number of aromatic nitrogens is 2. The Bertz CT molecular complexity index is 600. The summed E-state index contributed by atoms with van der Waals surface area (Å²) in [6.07, 6.45) is 0. The molecule has 5 heteroatoms. The minimum absolute atomic E-state index is 0.360. The molecule has 0 saturated heterocycles. The largest absolute Gasteiger partial charge is 0.454 e. The van der Waals surface area contributed by atoms with Crippen LogP contribution in [0.5, 0.6) is 11.5 Å². The van der Waals surface area contributed by atoms with Gasteiger partial charge in [-0.15, -0.1) is 0 Å². The van der Waals surface area contributed by atoms with Gasteiger partial charge >= 0.3 is 0 Å². The fraction of sp³-hybridized carbons (Fsp3) is 0.294. The number of rotatable bonds is 0. The van der Waals surface area contributed by atoms with Gasteiger partial charge in [0, 0.05) is 0 Å². The molecular formula is C17H22N2O3. The molecule has 0 N–H and O–H groups in total. The molecule has 0 atom stereocenters. The fourth-order valence-electron chi connectivity index (χ4n) is 1.57. The first-order valence-corrected chi connectivity index (χ1v) is 7.45. The van der Waals surface area contributed by atoms with Gasteiger partial charge in [-0.1, -0.05) is 52.0 Å². The summed E-state index contributed by atoms with van der Waals surface area (Å²) in [6, 6.07) is 15.1. The highest BCUT2D eigenvalue weighted by Crippen LogP contribution is 2.30. The molecule has 1 aliphatic rings. The normalized spacial score (nSPS) is 10.4. The van der Waals surface area contributed by atoms with Gasteiger partial charge in [0.2, 0.25) is 6.79 Å². The number of benzene rings is 2. The average molecular weight is 302 g/mol. The molecule has 22 heavy (non-hydrogen) atoms. The lowest BCUT2D eigenvalue weighted by Crippen LogP contribution is -1.92. The van der Waals surface area contributed by atoms with Gasteiger partial charge in [0.05, 0.1) is 0 Å². The molecule has 0 radical (unpaired) electrons. The van der Waals surface area contributed by atoms with Gasteiger partial charge in [0.15, 0.2) is 11.5 Å². The SMILES string of the molecule is CC.CC.c1ccc2c(c1)OCO2.c1ccc2nonc2c1. The highest BCUT2D eigenvalue weighted by atomic mass is 16.7. The lowest BCUT2D eigenvalue weighted by atomic mass is 10.3. The van der Waals surface area contributed by atoms with Gasteiger partial charge in [0.25, 0.3) is 0 Å². The molecule has 0 saturated carbocycles. The van der Waals surface area contributed by atoms with Crippen LogP contribution < -0.4 is 9.47 Å². The number of nitrogens with zero attached hydrogens (tertiary/aromatic N) is 2. The van der Waals surface area contributed by atoms with Gasteiger partial charge < -0.3 is 9.47 Å². The van der Waals surface area contributed by atoms with E-state index in [1.807, 2.05) is 76.2 Å². The summed E-state index contributed by atoms with van der Waals surface area (Å²) in [4.78, 5) is 0. The van der Waals surface area contributed by atoms with Crippen LogP contribution in [0.1, 0.15) is 27.7 Å². The molecule has 1 aromatic heterocycles. The van der Waals surface area contributed by atoms with Crippen molar-refractivity contribution in [3.05, 3.63) is 48.5 Å². The molecule has 5 nitrogen and oxygen atoms in total. The Labute approximate surface area is 130 Å². The van der Waals surface area contributed by atoms with Crippen LogP contribution in [0.25, 0.3) is 11.0 Å². The smallest absolute Gasteiger partial charge is 0.231 e. The maximum Gasteiger partial charge on any atom is 0.231 e. The van der Waals surface area contributed by atoms with Crippen molar-refractivity contribution in [2.75, 3.05) is 6.79 Å². The standard InChI is InChI=1S/C7H6O2.C6H4N2O.2C2H6/c1-2-4-7-6(3-1)8-5-9-7;1-2-4-6-5(3-1)7-9-8-6;2*1-2/h1-4H,5H2;1-4H;2*1-2H3. The van der Waals surface area contributed by atoms with E-state index in [1.54, 1.807) is 0 Å². The summed E-state index contributed by atoms with van der Waals surface area (Å²) in [5.74, 6) is 1.69. The Kier molecular flexibility index (Phi) is 8.12. The fourth-order valence-corrected chi connectivity index (χ4v) is 1.57. The molecule has 0 fully saturated rings.